The molecule has 1 aromatic heterocycles. The van der Waals surface area contributed by atoms with Gasteiger partial charge in [0.2, 0.25) is 5.82 Å². The van der Waals surface area contributed by atoms with Crippen molar-refractivity contribution in [3.63, 3.8) is 0 Å². The highest BCUT2D eigenvalue weighted by Gasteiger charge is 2.20. The van der Waals surface area contributed by atoms with Crippen LogP contribution in [0.25, 0.3) is 0 Å². The van der Waals surface area contributed by atoms with Gasteiger partial charge in [0.15, 0.2) is 11.5 Å². The molecule has 2 heterocycles. The topological polar surface area (TPSA) is 102 Å². The SMILES string of the molecule is COc1ccc(CN2CCc3cnc(C(N)=O)nc3C2)cc1O. The molecule has 1 aliphatic heterocycles. The minimum absolute atomic E-state index is 0.0488. The van der Waals surface area contributed by atoms with E-state index in [9.17, 15) is 9.90 Å². The summed E-state index contributed by atoms with van der Waals surface area (Å²) in [5, 5.41) is 9.86. The average molecular weight is 314 g/mol. The summed E-state index contributed by atoms with van der Waals surface area (Å²) in [6, 6.07) is 5.36. The van der Waals surface area contributed by atoms with Gasteiger partial charge in [0, 0.05) is 25.8 Å². The lowest BCUT2D eigenvalue weighted by atomic mass is 10.1. The monoisotopic (exact) mass is 314 g/mol. The van der Waals surface area contributed by atoms with Crippen LogP contribution in [0.4, 0.5) is 0 Å². The molecule has 3 rings (SSSR count). The van der Waals surface area contributed by atoms with Gasteiger partial charge in [0.25, 0.3) is 5.91 Å². The molecule has 1 aromatic carbocycles. The molecule has 7 heteroatoms. The summed E-state index contributed by atoms with van der Waals surface area (Å²) in [5.74, 6) is 0.00928. The Kier molecular flexibility index (Phi) is 4.12. The summed E-state index contributed by atoms with van der Waals surface area (Å²) < 4.78 is 5.05. The van der Waals surface area contributed by atoms with Crippen molar-refractivity contribution in [3.8, 4) is 11.5 Å². The van der Waals surface area contributed by atoms with Gasteiger partial charge in [0.05, 0.1) is 12.8 Å². The summed E-state index contributed by atoms with van der Waals surface area (Å²) in [6.07, 6.45) is 2.50. The van der Waals surface area contributed by atoms with Crippen molar-refractivity contribution in [2.75, 3.05) is 13.7 Å². The molecule has 0 bridgehead atoms. The number of carbonyl (C=O) groups is 1. The van der Waals surface area contributed by atoms with E-state index in [-0.39, 0.29) is 11.6 Å². The zero-order valence-electron chi connectivity index (χ0n) is 12.8. The second-order valence-electron chi connectivity index (χ2n) is 5.50. The van der Waals surface area contributed by atoms with Crippen LogP contribution in [0.1, 0.15) is 27.4 Å². The molecule has 0 unspecified atom stereocenters. The van der Waals surface area contributed by atoms with Gasteiger partial charge in [-0.2, -0.15) is 0 Å². The first-order chi connectivity index (χ1) is 11.1. The van der Waals surface area contributed by atoms with Gasteiger partial charge >= 0.3 is 0 Å². The third-order valence-electron chi connectivity index (χ3n) is 3.89. The number of hydrogen-bond donors (Lipinski definition) is 2. The van der Waals surface area contributed by atoms with E-state index in [1.807, 2.05) is 6.07 Å². The van der Waals surface area contributed by atoms with Crippen molar-refractivity contribution < 1.29 is 14.6 Å². The number of benzene rings is 1. The Morgan fingerprint density at radius 3 is 3.00 bits per heavy atom. The highest BCUT2D eigenvalue weighted by Crippen LogP contribution is 2.27. The minimum Gasteiger partial charge on any atom is -0.504 e. The van der Waals surface area contributed by atoms with Gasteiger partial charge in [-0.05, 0) is 29.7 Å². The number of amides is 1. The maximum atomic E-state index is 11.2. The second kappa shape index (κ2) is 6.21. The van der Waals surface area contributed by atoms with Crippen LogP contribution in [0.3, 0.4) is 0 Å². The Balaban J connectivity index is 1.75. The number of aromatic hydroxyl groups is 1. The number of primary amides is 1. The summed E-state index contributed by atoms with van der Waals surface area (Å²) in [5.41, 5.74) is 8.09. The molecule has 0 saturated heterocycles. The minimum atomic E-state index is -0.620. The lowest BCUT2D eigenvalue weighted by Crippen LogP contribution is -2.32. The quantitative estimate of drug-likeness (QED) is 0.867. The molecule has 0 atom stereocenters. The fraction of sp³-hybridized carbons (Fsp3) is 0.312. The first-order valence-electron chi connectivity index (χ1n) is 7.29. The predicted molar refractivity (Wildman–Crippen MR) is 83.0 cm³/mol. The number of nitrogens with zero attached hydrogens (tertiary/aromatic N) is 3. The Morgan fingerprint density at radius 2 is 2.30 bits per heavy atom. The van der Waals surface area contributed by atoms with Gasteiger partial charge in [-0.3, -0.25) is 9.69 Å². The number of rotatable bonds is 4. The molecule has 120 valence electrons. The lowest BCUT2D eigenvalue weighted by molar-refractivity contribution is 0.0989. The van der Waals surface area contributed by atoms with Crippen LogP contribution >= 0.6 is 0 Å². The molecule has 0 spiro atoms. The molecule has 0 radical (unpaired) electrons. The van der Waals surface area contributed by atoms with Crippen LogP contribution in [0.2, 0.25) is 0 Å². The summed E-state index contributed by atoms with van der Waals surface area (Å²) >= 11 is 0. The number of methoxy groups -OCH3 is 1. The average Bonchev–Trinajstić information content (AvgIpc) is 2.54. The fourth-order valence-electron chi connectivity index (χ4n) is 2.70. The maximum absolute atomic E-state index is 11.2. The number of aromatic nitrogens is 2. The van der Waals surface area contributed by atoms with E-state index in [0.29, 0.717) is 18.8 Å². The number of nitrogens with two attached hydrogens (primary N) is 1. The van der Waals surface area contributed by atoms with Crippen LogP contribution in [0.5, 0.6) is 11.5 Å². The van der Waals surface area contributed by atoms with Crippen molar-refractivity contribution in [2.45, 2.75) is 19.5 Å². The van der Waals surface area contributed by atoms with E-state index < -0.39 is 5.91 Å². The zero-order valence-corrected chi connectivity index (χ0v) is 12.8. The first-order valence-corrected chi connectivity index (χ1v) is 7.29. The Bertz CT molecular complexity index is 748. The van der Waals surface area contributed by atoms with Crippen molar-refractivity contribution in [2.24, 2.45) is 5.73 Å². The normalized spacial score (nSPS) is 14.3. The van der Waals surface area contributed by atoms with Gasteiger partial charge in [-0.25, -0.2) is 9.97 Å². The standard InChI is InChI=1S/C16H18N4O3/c1-23-14-3-2-10(6-13(14)21)8-20-5-4-11-7-18-16(15(17)22)19-12(11)9-20/h2-3,6-7,21H,4-5,8-9H2,1H3,(H2,17,22). The zero-order chi connectivity index (χ0) is 16.4. The molecule has 2 aromatic rings. The maximum Gasteiger partial charge on any atom is 0.286 e. The van der Waals surface area contributed by atoms with E-state index in [0.717, 1.165) is 29.8 Å². The van der Waals surface area contributed by atoms with Gasteiger partial charge in [0.1, 0.15) is 0 Å². The third-order valence-corrected chi connectivity index (χ3v) is 3.89. The van der Waals surface area contributed by atoms with E-state index in [1.54, 1.807) is 18.3 Å². The smallest absolute Gasteiger partial charge is 0.286 e. The first kappa shape index (κ1) is 15.2. The molecule has 0 aliphatic carbocycles. The number of fused-ring (bicyclic) bond motifs is 1. The van der Waals surface area contributed by atoms with Gasteiger partial charge < -0.3 is 15.6 Å². The number of phenolic OH excluding ortho intramolecular Hbond substituents is 1. The number of carbonyl (C=O) groups excluding carboxylic acids is 1. The van der Waals surface area contributed by atoms with Crippen LogP contribution in [0, 0.1) is 0 Å². The Hall–Kier alpha value is -2.67. The van der Waals surface area contributed by atoms with Crippen molar-refractivity contribution in [3.05, 3.63) is 47.0 Å². The highest BCUT2D eigenvalue weighted by molar-refractivity contribution is 5.88. The van der Waals surface area contributed by atoms with Crippen LogP contribution in [-0.4, -0.2) is 39.5 Å². The molecular formula is C16H18N4O3. The van der Waals surface area contributed by atoms with E-state index in [2.05, 4.69) is 14.9 Å². The lowest BCUT2D eigenvalue weighted by Gasteiger charge is -2.28. The van der Waals surface area contributed by atoms with Gasteiger partial charge in [-0.1, -0.05) is 6.07 Å². The van der Waals surface area contributed by atoms with E-state index in [1.165, 1.54) is 7.11 Å². The molecule has 0 fully saturated rings. The predicted octanol–water partition coefficient (Wildman–Crippen LogP) is 0.848. The number of ether oxygens (including phenoxy) is 1. The molecule has 1 amide bonds. The largest absolute Gasteiger partial charge is 0.504 e. The van der Waals surface area contributed by atoms with E-state index >= 15 is 0 Å². The van der Waals surface area contributed by atoms with Crippen molar-refractivity contribution in [1.82, 2.24) is 14.9 Å². The molecular weight excluding hydrogens is 296 g/mol. The highest BCUT2D eigenvalue weighted by atomic mass is 16.5. The van der Waals surface area contributed by atoms with Crippen LogP contribution < -0.4 is 10.5 Å². The molecule has 7 nitrogen and oxygen atoms in total. The van der Waals surface area contributed by atoms with Crippen LogP contribution in [-0.2, 0) is 19.5 Å². The fourth-order valence-corrected chi connectivity index (χ4v) is 2.70. The third kappa shape index (κ3) is 3.24. The second-order valence-corrected chi connectivity index (χ2v) is 5.50. The Morgan fingerprint density at radius 1 is 1.48 bits per heavy atom. The summed E-state index contributed by atoms with van der Waals surface area (Å²) in [6.45, 7) is 2.15. The van der Waals surface area contributed by atoms with Crippen molar-refractivity contribution >= 4 is 5.91 Å². The summed E-state index contributed by atoms with van der Waals surface area (Å²) in [7, 11) is 1.52. The van der Waals surface area contributed by atoms with Gasteiger partial charge in [-0.15, -0.1) is 0 Å². The van der Waals surface area contributed by atoms with Crippen molar-refractivity contribution in [1.29, 1.82) is 0 Å². The summed E-state index contributed by atoms with van der Waals surface area (Å²) in [4.78, 5) is 21.6. The Labute approximate surface area is 133 Å². The number of phenols is 1. The molecule has 0 saturated carbocycles. The number of hydrogen-bond acceptors (Lipinski definition) is 6. The van der Waals surface area contributed by atoms with Crippen LogP contribution in [0.15, 0.2) is 24.4 Å². The molecule has 3 N–H and O–H groups in total. The van der Waals surface area contributed by atoms with E-state index in [4.69, 9.17) is 10.5 Å². The molecule has 23 heavy (non-hydrogen) atoms. The molecule has 1 aliphatic rings.